The highest BCUT2D eigenvalue weighted by atomic mass is 19.2. The third-order valence-electron chi connectivity index (χ3n) is 2.16. The number of halogens is 5. The Morgan fingerprint density at radius 1 is 0.889 bits per heavy atom. The predicted molar refractivity (Wildman–Crippen MR) is 54.9 cm³/mol. The molecule has 0 aliphatic rings. The van der Waals surface area contributed by atoms with Crippen molar-refractivity contribution < 1.29 is 26.7 Å². The molecule has 0 spiro atoms. The maximum atomic E-state index is 13.1. The highest BCUT2D eigenvalue weighted by Gasteiger charge is 2.26. The van der Waals surface area contributed by atoms with Crippen molar-refractivity contribution in [3.05, 3.63) is 29.1 Å². The zero-order valence-corrected chi connectivity index (χ0v) is 9.63. The topological polar surface area (TPSA) is 21.3 Å². The number of nitrogens with one attached hydrogen (secondary N) is 1. The van der Waals surface area contributed by atoms with Gasteiger partial charge < -0.3 is 10.1 Å². The second-order valence-corrected chi connectivity index (χ2v) is 3.45. The van der Waals surface area contributed by atoms with Gasteiger partial charge in [0.2, 0.25) is 29.1 Å². The van der Waals surface area contributed by atoms with E-state index >= 15 is 0 Å². The number of hydrogen-bond acceptors (Lipinski definition) is 2. The average molecular weight is 269 g/mol. The molecule has 0 aromatic heterocycles. The molecule has 2 nitrogen and oxygen atoms in total. The van der Waals surface area contributed by atoms with Crippen LogP contribution in [0.3, 0.4) is 0 Å². The Kier molecular flexibility index (Phi) is 5.33. The molecule has 0 aliphatic carbocycles. The molecule has 1 N–H and O–H groups in total. The lowest BCUT2D eigenvalue weighted by molar-refractivity contribution is 0.258. The molecule has 0 radical (unpaired) electrons. The van der Waals surface area contributed by atoms with Crippen molar-refractivity contribution in [3.63, 3.8) is 0 Å². The number of rotatable bonds is 6. The maximum absolute atomic E-state index is 13.1. The summed E-state index contributed by atoms with van der Waals surface area (Å²) < 4.78 is 69.1. The fraction of sp³-hybridized carbons (Fsp3) is 0.455. The Morgan fingerprint density at radius 2 is 1.39 bits per heavy atom. The van der Waals surface area contributed by atoms with Gasteiger partial charge >= 0.3 is 0 Å². The second kappa shape index (κ2) is 6.53. The van der Waals surface area contributed by atoms with Crippen LogP contribution in [-0.4, -0.2) is 19.7 Å². The van der Waals surface area contributed by atoms with Gasteiger partial charge in [0.1, 0.15) is 0 Å². The summed E-state index contributed by atoms with van der Waals surface area (Å²) in [6, 6.07) is 0. The van der Waals surface area contributed by atoms with E-state index in [0.29, 0.717) is 19.5 Å². The first-order chi connectivity index (χ1) is 8.50. The van der Waals surface area contributed by atoms with Crippen molar-refractivity contribution in [2.75, 3.05) is 19.7 Å². The predicted octanol–water partition coefficient (Wildman–Crippen LogP) is 2.76. The van der Waals surface area contributed by atoms with Crippen LogP contribution >= 0.6 is 0 Å². The third kappa shape index (κ3) is 3.10. The first kappa shape index (κ1) is 14.7. The summed E-state index contributed by atoms with van der Waals surface area (Å²) in [5, 5.41) is 2.92. The lowest BCUT2D eigenvalue weighted by Gasteiger charge is -2.10. The minimum atomic E-state index is -2.19. The molecule has 0 amide bonds. The summed E-state index contributed by atoms with van der Waals surface area (Å²) in [6.45, 7) is 2.95. The van der Waals surface area contributed by atoms with E-state index in [0.717, 1.165) is 0 Å². The summed E-state index contributed by atoms with van der Waals surface area (Å²) in [5.41, 5.74) is 0. The van der Waals surface area contributed by atoms with Crippen LogP contribution in [0.5, 0.6) is 5.75 Å². The summed E-state index contributed by atoms with van der Waals surface area (Å²) in [7, 11) is 0. The number of ether oxygens (including phenoxy) is 1. The second-order valence-electron chi connectivity index (χ2n) is 3.45. The maximum Gasteiger partial charge on any atom is 0.206 e. The van der Waals surface area contributed by atoms with Crippen LogP contribution in [0.4, 0.5) is 22.0 Å². The van der Waals surface area contributed by atoms with Gasteiger partial charge in [-0.25, -0.2) is 13.2 Å². The monoisotopic (exact) mass is 269 g/mol. The minimum Gasteiger partial charge on any atom is -0.487 e. The van der Waals surface area contributed by atoms with Crippen LogP contribution in [0.25, 0.3) is 0 Å². The molecule has 0 saturated carbocycles. The van der Waals surface area contributed by atoms with E-state index in [9.17, 15) is 22.0 Å². The quantitative estimate of drug-likeness (QED) is 0.371. The van der Waals surface area contributed by atoms with E-state index in [4.69, 9.17) is 0 Å². The molecule has 0 bridgehead atoms. The largest absolute Gasteiger partial charge is 0.487 e. The van der Waals surface area contributed by atoms with Crippen LogP contribution in [0.15, 0.2) is 0 Å². The summed E-state index contributed by atoms with van der Waals surface area (Å²) in [4.78, 5) is 0. The van der Waals surface area contributed by atoms with E-state index in [1.807, 2.05) is 6.92 Å². The molecule has 1 aromatic carbocycles. The van der Waals surface area contributed by atoms with Crippen LogP contribution < -0.4 is 10.1 Å². The molecule has 7 heteroatoms. The Bertz CT molecular complexity index is 395. The van der Waals surface area contributed by atoms with Crippen molar-refractivity contribution in [2.45, 2.75) is 13.3 Å². The average Bonchev–Trinajstić information content (AvgIpc) is 2.37. The number of hydrogen-bond donors (Lipinski definition) is 1. The molecule has 0 fully saturated rings. The standard InChI is InChI=1S/C11H12F5NO/c1-2-17-4-3-5-18-11-9(15)7(13)6(12)8(14)10(11)16/h17H,2-5H2,1H3. The summed E-state index contributed by atoms with van der Waals surface area (Å²) in [5.74, 6) is -11.3. The van der Waals surface area contributed by atoms with Gasteiger partial charge in [-0.1, -0.05) is 6.92 Å². The van der Waals surface area contributed by atoms with Crippen LogP contribution in [0.2, 0.25) is 0 Å². The lowest BCUT2D eigenvalue weighted by atomic mass is 10.2. The normalized spacial score (nSPS) is 10.8. The molecule has 0 unspecified atom stereocenters. The molecule has 0 saturated heterocycles. The van der Waals surface area contributed by atoms with Crippen molar-refractivity contribution >= 4 is 0 Å². The van der Waals surface area contributed by atoms with Crippen molar-refractivity contribution in [1.82, 2.24) is 5.32 Å². The first-order valence-electron chi connectivity index (χ1n) is 5.35. The van der Waals surface area contributed by atoms with Gasteiger partial charge in [0.15, 0.2) is 5.75 Å². The Morgan fingerprint density at radius 3 is 1.89 bits per heavy atom. The molecule has 102 valence electrons. The minimum absolute atomic E-state index is 0.147. The fourth-order valence-electron chi connectivity index (χ4n) is 1.26. The van der Waals surface area contributed by atoms with E-state index in [2.05, 4.69) is 10.1 Å². The summed E-state index contributed by atoms with van der Waals surface area (Å²) in [6.07, 6.45) is 0.382. The molecular weight excluding hydrogens is 257 g/mol. The van der Waals surface area contributed by atoms with Gasteiger partial charge in [-0.2, -0.15) is 8.78 Å². The molecule has 18 heavy (non-hydrogen) atoms. The Hall–Kier alpha value is -1.37. The van der Waals surface area contributed by atoms with Gasteiger partial charge in [-0.3, -0.25) is 0 Å². The Balaban J connectivity index is 2.77. The molecule has 1 rings (SSSR count). The van der Waals surface area contributed by atoms with Crippen molar-refractivity contribution in [2.24, 2.45) is 0 Å². The van der Waals surface area contributed by atoms with Gasteiger partial charge in [0, 0.05) is 0 Å². The van der Waals surface area contributed by atoms with Crippen molar-refractivity contribution in [3.8, 4) is 5.75 Å². The third-order valence-corrected chi connectivity index (χ3v) is 2.16. The van der Waals surface area contributed by atoms with E-state index in [-0.39, 0.29) is 6.61 Å². The number of benzene rings is 1. The van der Waals surface area contributed by atoms with Crippen LogP contribution in [0.1, 0.15) is 13.3 Å². The molecule has 0 aliphatic heterocycles. The SMILES string of the molecule is CCNCCCOc1c(F)c(F)c(F)c(F)c1F. The van der Waals surface area contributed by atoms with E-state index < -0.39 is 34.8 Å². The van der Waals surface area contributed by atoms with Gasteiger partial charge in [-0.05, 0) is 19.5 Å². The van der Waals surface area contributed by atoms with E-state index in [1.54, 1.807) is 0 Å². The van der Waals surface area contributed by atoms with Gasteiger partial charge in [0.05, 0.1) is 6.61 Å². The first-order valence-corrected chi connectivity index (χ1v) is 5.35. The zero-order valence-electron chi connectivity index (χ0n) is 9.63. The molecular formula is C11H12F5NO. The molecule has 0 heterocycles. The summed E-state index contributed by atoms with van der Waals surface area (Å²) >= 11 is 0. The van der Waals surface area contributed by atoms with Gasteiger partial charge in [0.25, 0.3) is 0 Å². The zero-order chi connectivity index (χ0) is 13.7. The smallest absolute Gasteiger partial charge is 0.206 e. The molecule has 0 atom stereocenters. The van der Waals surface area contributed by atoms with Gasteiger partial charge in [-0.15, -0.1) is 0 Å². The lowest BCUT2D eigenvalue weighted by Crippen LogP contribution is -2.17. The molecule has 1 aromatic rings. The van der Waals surface area contributed by atoms with Crippen LogP contribution in [0, 0.1) is 29.1 Å². The Labute approximate surface area is 101 Å². The van der Waals surface area contributed by atoms with Crippen molar-refractivity contribution in [1.29, 1.82) is 0 Å². The highest BCUT2D eigenvalue weighted by molar-refractivity contribution is 5.29. The van der Waals surface area contributed by atoms with E-state index in [1.165, 1.54) is 0 Å². The fourth-order valence-corrected chi connectivity index (χ4v) is 1.26. The van der Waals surface area contributed by atoms with Crippen LogP contribution in [-0.2, 0) is 0 Å². The highest BCUT2D eigenvalue weighted by Crippen LogP contribution is 2.28.